The average molecular weight is 750 g/mol. The molecule has 0 aliphatic carbocycles. The van der Waals surface area contributed by atoms with E-state index in [1.54, 1.807) is 0 Å². The second-order valence-corrected chi connectivity index (χ2v) is 20.8. The number of primary sulfonamides is 2. The zero-order valence-electron chi connectivity index (χ0n) is 21.7. The summed E-state index contributed by atoms with van der Waals surface area (Å²) in [5, 5.41) is 21.0. The number of nitrogens with two attached hydrogens (primary N) is 2. The fraction of sp³-hybridized carbons (Fsp3) is 0.526. The van der Waals surface area contributed by atoms with Gasteiger partial charge in [0, 0.05) is 18.1 Å². The number of fused-ring (bicyclic) bond motifs is 2. The van der Waals surface area contributed by atoms with E-state index >= 15 is 0 Å². The molecule has 0 bridgehead atoms. The number of aliphatic hydroxyl groups is 1. The first-order chi connectivity index (χ1) is 18.7. The Balaban J connectivity index is 0.000000368. The summed E-state index contributed by atoms with van der Waals surface area (Å²) in [4.78, 5) is 11.2. The van der Waals surface area contributed by atoms with Crippen LogP contribution in [0.2, 0.25) is 0 Å². The molecular formula is C19H31N3O14S7. The second-order valence-electron chi connectivity index (χ2n) is 9.11. The molecule has 0 fully saturated rings. The van der Waals surface area contributed by atoms with Crippen molar-refractivity contribution in [3.63, 3.8) is 0 Å². The third-order valence-electron chi connectivity index (χ3n) is 5.78. The fourth-order valence-corrected chi connectivity index (χ4v) is 12.6. The van der Waals surface area contributed by atoms with Crippen molar-refractivity contribution in [3.8, 4) is 0 Å². The predicted octanol–water partition coefficient (Wildman–Crippen LogP) is 0.117. The van der Waals surface area contributed by atoms with Crippen LogP contribution in [-0.4, -0.2) is 72.7 Å². The molecule has 2 aliphatic heterocycles. The van der Waals surface area contributed by atoms with Crippen molar-refractivity contribution in [1.82, 2.24) is 5.32 Å². The molecule has 0 aromatic carbocycles. The maximum Gasteiger partial charge on any atom is 0.394 e. The highest BCUT2D eigenvalue weighted by atomic mass is 32.3. The van der Waals surface area contributed by atoms with E-state index in [-0.39, 0.29) is 48.6 Å². The van der Waals surface area contributed by atoms with Gasteiger partial charge in [0.25, 0.3) is 0 Å². The number of nitrogens with one attached hydrogen (secondary N) is 1. The van der Waals surface area contributed by atoms with Gasteiger partial charge in [-0.3, -0.25) is 13.9 Å². The molecule has 0 saturated heterocycles. The molecule has 248 valence electrons. The van der Waals surface area contributed by atoms with Crippen LogP contribution in [0.4, 0.5) is 0 Å². The molecule has 2 aliphatic rings. The van der Waals surface area contributed by atoms with E-state index in [1.165, 1.54) is 26.8 Å². The summed E-state index contributed by atoms with van der Waals surface area (Å²) in [5.74, 6) is -0.309. The lowest BCUT2D eigenvalue weighted by molar-refractivity contribution is -0.119. The molecular weight excluding hydrogens is 719 g/mol. The molecule has 0 saturated carbocycles. The number of hydrogen-bond acceptors (Lipinski definition) is 14. The lowest BCUT2D eigenvalue weighted by Crippen LogP contribution is -2.35. The monoisotopic (exact) mass is 749 g/mol. The summed E-state index contributed by atoms with van der Waals surface area (Å²) in [6.45, 7) is 4.33. The minimum atomic E-state index is -4.67. The van der Waals surface area contributed by atoms with E-state index in [4.69, 9.17) is 27.8 Å². The normalized spacial score (nSPS) is 23.9. The number of amides is 1. The van der Waals surface area contributed by atoms with Gasteiger partial charge in [0.05, 0.1) is 22.6 Å². The third kappa shape index (κ3) is 9.70. The van der Waals surface area contributed by atoms with Gasteiger partial charge < -0.3 is 10.4 Å². The summed E-state index contributed by atoms with van der Waals surface area (Å²) >= 11 is 1.23. The van der Waals surface area contributed by atoms with E-state index in [1.807, 2.05) is 0 Å². The van der Waals surface area contributed by atoms with Crippen molar-refractivity contribution in [3.05, 3.63) is 23.3 Å². The molecule has 8 N–H and O–H groups in total. The second kappa shape index (κ2) is 13.4. The van der Waals surface area contributed by atoms with Gasteiger partial charge in [-0.05, 0) is 38.8 Å². The van der Waals surface area contributed by atoms with E-state index in [2.05, 4.69) is 5.32 Å². The number of aliphatic hydroxyl groups excluding tert-OH is 1. The Hall–Kier alpha value is -1.58. The molecule has 17 nitrogen and oxygen atoms in total. The van der Waals surface area contributed by atoms with Crippen LogP contribution < -0.4 is 15.6 Å². The zero-order valence-corrected chi connectivity index (χ0v) is 27.4. The quantitative estimate of drug-likeness (QED) is 0.227. The lowest BCUT2D eigenvalue weighted by Gasteiger charge is -2.27. The summed E-state index contributed by atoms with van der Waals surface area (Å²) in [7, 11) is -19.7. The fourth-order valence-electron chi connectivity index (χ4n) is 3.83. The molecule has 4 atom stereocenters. The van der Waals surface area contributed by atoms with Crippen molar-refractivity contribution in [2.45, 2.75) is 80.5 Å². The number of thiophene rings is 2. The number of rotatable bonds is 3. The van der Waals surface area contributed by atoms with Crippen molar-refractivity contribution >= 4 is 78.7 Å². The summed E-state index contributed by atoms with van der Waals surface area (Å²) in [6.07, 6.45) is -0.693. The standard InChI is InChI=1S/C10H14N2O5S3.C8H11NO5S3.CH4.H2O4S/c1-5-3-8(12-6(2)13)7-4-9(20(11,16)17)18-10(7)19(5,14)15;1-4-2-6(10)5-3-7(17(9,13)14)15-8(5)16(4,11)12;;1-5(2,3)4/h4-5,8H,3H2,1-2H3,(H,12,13)(H2,11,16,17);3-4,6,10H,2H2,1H3,(H2,9,13,14);1H4;(H2,1,2,3,4). The first-order valence-electron chi connectivity index (χ1n) is 11.1. The molecule has 4 heterocycles. The van der Waals surface area contributed by atoms with Crippen molar-refractivity contribution in [2.24, 2.45) is 10.3 Å². The van der Waals surface area contributed by atoms with Gasteiger partial charge in [-0.2, -0.15) is 8.42 Å². The topological polar surface area (TPSA) is 313 Å². The van der Waals surface area contributed by atoms with Crippen LogP contribution in [0.1, 0.15) is 64.3 Å². The van der Waals surface area contributed by atoms with Crippen LogP contribution in [0.25, 0.3) is 0 Å². The maximum absolute atomic E-state index is 12.2. The van der Waals surface area contributed by atoms with Crippen LogP contribution in [0.15, 0.2) is 29.0 Å². The van der Waals surface area contributed by atoms with Crippen LogP contribution >= 0.6 is 22.7 Å². The molecule has 2 aromatic rings. The Morgan fingerprint density at radius 2 is 1.19 bits per heavy atom. The number of sulfonamides is 2. The number of carbonyl (C=O) groups is 1. The molecule has 2 aromatic heterocycles. The van der Waals surface area contributed by atoms with E-state index in [9.17, 15) is 43.6 Å². The number of sulfone groups is 2. The summed E-state index contributed by atoms with van der Waals surface area (Å²) in [6, 6.07) is 1.86. The molecule has 1 amide bonds. The SMILES string of the molecule is C.CC(=O)NC1CC(C)S(=O)(=O)c2sc(S(N)(=O)=O)cc21.CC1CC(O)c2cc(S(N)(=O)=O)sc2S1(=O)=O.O=S(=O)(O)O. The highest BCUT2D eigenvalue weighted by Crippen LogP contribution is 2.43. The summed E-state index contributed by atoms with van der Waals surface area (Å²) < 4.78 is 124. The van der Waals surface area contributed by atoms with Crippen LogP contribution in [0.5, 0.6) is 0 Å². The lowest BCUT2D eigenvalue weighted by atomic mass is 10.1. The molecule has 4 unspecified atom stereocenters. The largest absolute Gasteiger partial charge is 0.394 e. The van der Waals surface area contributed by atoms with E-state index in [0.717, 1.165) is 6.07 Å². The molecule has 43 heavy (non-hydrogen) atoms. The highest BCUT2D eigenvalue weighted by Gasteiger charge is 2.40. The van der Waals surface area contributed by atoms with Gasteiger partial charge in [-0.25, -0.2) is 43.9 Å². The van der Waals surface area contributed by atoms with Crippen molar-refractivity contribution in [2.75, 3.05) is 0 Å². The van der Waals surface area contributed by atoms with Gasteiger partial charge in [0.2, 0.25) is 26.0 Å². The van der Waals surface area contributed by atoms with E-state index in [0.29, 0.717) is 28.2 Å². The molecule has 0 radical (unpaired) electrons. The molecule has 24 heteroatoms. The summed E-state index contributed by atoms with van der Waals surface area (Å²) in [5.41, 5.74) is 0.435. The Morgan fingerprint density at radius 1 is 0.837 bits per heavy atom. The Bertz CT molecular complexity index is 1900. The van der Waals surface area contributed by atoms with Gasteiger partial charge in [0.15, 0.2) is 19.7 Å². The Kier molecular flexibility index (Phi) is 12.3. The van der Waals surface area contributed by atoms with E-state index < -0.39 is 72.8 Å². The third-order valence-corrected chi connectivity index (χ3v) is 16.4. The molecule has 0 spiro atoms. The smallest absolute Gasteiger partial charge is 0.388 e. The van der Waals surface area contributed by atoms with Crippen molar-refractivity contribution < 1.29 is 61.1 Å². The van der Waals surface area contributed by atoms with Crippen LogP contribution in [-0.2, 0) is 54.9 Å². The van der Waals surface area contributed by atoms with Gasteiger partial charge in [-0.15, -0.1) is 22.7 Å². The number of hydrogen-bond donors (Lipinski definition) is 6. The maximum atomic E-state index is 12.2. The minimum absolute atomic E-state index is 0. The first-order valence-corrected chi connectivity index (χ1v) is 20.3. The van der Waals surface area contributed by atoms with Gasteiger partial charge in [0.1, 0.15) is 16.8 Å². The van der Waals surface area contributed by atoms with Crippen molar-refractivity contribution in [1.29, 1.82) is 0 Å². The highest BCUT2D eigenvalue weighted by molar-refractivity contribution is 7.96. The molecule has 4 rings (SSSR count). The Morgan fingerprint density at radius 3 is 1.56 bits per heavy atom. The Labute approximate surface area is 257 Å². The predicted molar refractivity (Wildman–Crippen MR) is 156 cm³/mol. The van der Waals surface area contributed by atoms with Crippen LogP contribution in [0.3, 0.4) is 0 Å². The first kappa shape index (κ1) is 39.4. The number of carbonyl (C=O) groups excluding carboxylic acids is 1. The van der Waals surface area contributed by atoms with Gasteiger partial charge >= 0.3 is 10.4 Å². The minimum Gasteiger partial charge on any atom is -0.388 e. The average Bonchev–Trinajstić information content (AvgIpc) is 3.42. The van der Waals surface area contributed by atoms with Gasteiger partial charge in [-0.1, -0.05) is 7.43 Å². The van der Waals surface area contributed by atoms with Crippen LogP contribution in [0, 0.1) is 0 Å². The zero-order chi connectivity index (χ0) is 32.8.